The first-order valence-electron chi connectivity index (χ1n) is 5.52. The van der Waals surface area contributed by atoms with Crippen LogP contribution in [0.5, 0.6) is 0 Å². The molecule has 88 valence electrons. The molecule has 0 aliphatic rings. The zero-order chi connectivity index (χ0) is 12.3. The third kappa shape index (κ3) is 2.58. The predicted octanol–water partition coefficient (Wildman–Crippen LogP) is 3.08. The Morgan fingerprint density at radius 1 is 1.18 bits per heavy atom. The molecule has 0 saturated carbocycles. The van der Waals surface area contributed by atoms with E-state index in [1.165, 1.54) is 18.0 Å². The lowest BCUT2D eigenvalue weighted by Gasteiger charge is -2.21. The molecule has 0 fully saturated rings. The van der Waals surface area contributed by atoms with Crippen molar-refractivity contribution in [3.8, 4) is 0 Å². The van der Waals surface area contributed by atoms with Gasteiger partial charge in [0, 0.05) is 18.3 Å². The first-order chi connectivity index (χ1) is 8.20. The molecule has 1 aromatic carbocycles. The van der Waals surface area contributed by atoms with Crippen LogP contribution < -0.4 is 4.90 Å². The first kappa shape index (κ1) is 11.5. The molecule has 17 heavy (non-hydrogen) atoms. The molecule has 2 aromatic rings. The minimum Gasteiger partial charge on any atom is -0.326 e. The van der Waals surface area contributed by atoms with Gasteiger partial charge in [0.05, 0.1) is 0 Å². The van der Waals surface area contributed by atoms with Gasteiger partial charge in [-0.2, -0.15) is 4.39 Å². The molecule has 0 amide bonds. The maximum Gasteiger partial charge on any atom is 0.218 e. The van der Waals surface area contributed by atoms with Crippen LogP contribution in [0.3, 0.4) is 0 Å². The number of hydrogen-bond donors (Lipinski definition) is 0. The zero-order valence-electron chi connectivity index (χ0n) is 9.89. The molecule has 0 radical (unpaired) electrons. The molecule has 1 heterocycles. The molecule has 0 atom stereocenters. The van der Waals surface area contributed by atoms with E-state index in [9.17, 15) is 4.39 Å². The molecule has 2 rings (SSSR count). The second-order valence-corrected chi connectivity index (χ2v) is 3.78. The van der Waals surface area contributed by atoms with Crippen LogP contribution in [0, 0.1) is 12.9 Å². The Labute approximate surface area is 99.9 Å². The molecular formula is C13H14FN3. The summed E-state index contributed by atoms with van der Waals surface area (Å²) < 4.78 is 13.1. The van der Waals surface area contributed by atoms with Crippen molar-refractivity contribution < 1.29 is 4.39 Å². The monoisotopic (exact) mass is 231 g/mol. The summed E-state index contributed by atoms with van der Waals surface area (Å²) in [5.41, 5.74) is 2.19. The normalized spacial score (nSPS) is 10.3. The molecule has 4 heteroatoms. The van der Waals surface area contributed by atoms with Crippen molar-refractivity contribution in [1.82, 2.24) is 9.97 Å². The second kappa shape index (κ2) is 4.91. The number of anilines is 2. The minimum absolute atomic E-state index is 0.513. The van der Waals surface area contributed by atoms with E-state index < -0.39 is 5.95 Å². The zero-order valence-corrected chi connectivity index (χ0v) is 9.89. The molecule has 0 spiro atoms. The fourth-order valence-electron chi connectivity index (χ4n) is 1.67. The molecule has 0 aliphatic heterocycles. The Morgan fingerprint density at radius 3 is 2.47 bits per heavy atom. The van der Waals surface area contributed by atoms with Gasteiger partial charge in [-0.1, -0.05) is 17.7 Å². The Balaban J connectivity index is 2.36. The highest BCUT2D eigenvalue weighted by Crippen LogP contribution is 2.23. The van der Waals surface area contributed by atoms with Crippen molar-refractivity contribution in [3.63, 3.8) is 0 Å². The average molecular weight is 231 g/mol. The van der Waals surface area contributed by atoms with E-state index in [0.29, 0.717) is 5.82 Å². The van der Waals surface area contributed by atoms with Crippen molar-refractivity contribution in [1.29, 1.82) is 0 Å². The number of nitrogens with zero attached hydrogens (tertiary/aromatic N) is 3. The largest absolute Gasteiger partial charge is 0.326 e. The highest BCUT2D eigenvalue weighted by molar-refractivity contribution is 5.59. The molecule has 0 unspecified atom stereocenters. The number of halogens is 1. The van der Waals surface area contributed by atoms with E-state index in [-0.39, 0.29) is 0 Å². The van der Waals surface area contributed by atoms with Crippen LogP contribution >= 0.6 is 0 Å². The van der Waals surface area contributed by atoms with Gasteiger partial charge in [-0.05, 0) is 26.0 Å². The third-order valence-electron chi connectivity index (χ3n) is 2.56. The summed E-state index contributed by atoms with van der Waals surface area (Å²) in [6, 6.07) is 9.38. The summed E-state index contributed by atoms with van der Waals surface area (Å²) >= 11 is 0. The van der Waals surface area contributed by atoms with Crippen LogP contribution in [-0.4, -0.2) is 16.5 Å². The van der Waals surface area contributed by atoms with Crippen LogP contribution in [0.15, 0.2) is 36.7 Å². The van der Waals surface area contributed by atoms with E-state index in [4.69, 9.17) is 0 Å². The van der Waals surface area contributed by atoms with Gasteiger partial charge >= 0.3 is 0 Å². The van der Waals surface area contributed by atoms with Crippen molar-refractivity contribution in [2.24, 2.45) is 0 Å². The Morgan fingerprint density at radius 2 is 1.88 bits per heavy atom. The van der Waals surface area contributed by atoms with Crippen molar-refractivity contribution in [3.05, 3.63) is 48.2 Å². The van der Waals surface area contributed by atoms with Gasteiger partial charge in [-0.3, -0.25) is 0 Å². The van der Waals surface area contributed by atoms with Crippen LogP contribution in [-0.2, 0) is 0 Å². The van der Waals surface area contributed by atoms with E-state index in [0.717, 1.165) is 12.2 Å². The van der Waals surface area contributed by atoms with Crippen LogP contribution in [0.4, 0.5) is 15.9 Å². The Bertz CT molecular complexity index is 496. The molecule has 3 nitrogen and oxygen atoms in total. The lowest BCUT2D eigenvalue weighted by molar-refractivity contribution is 0.579. The standard InChI is InChI=1S/C13H14FN3/c1-3-17(11-6-4-10(2)5-7-11)13-8-12(14)15-9-16-13/h4-9H,3H2,1-2H3. The molecular weight excluding hydrogens is 217 g/mol. The smallest absolute Gasteiger partial charge is 0.218 e. The van der Waals surface area contributed by atoms with Gasteiger partial charge in [0.1, 0.15) is 12.1 Å². The summed E-state index contributed by atoms with van der Waals surface area (Å²) in [7, 11) is 0. The fourth-order valence-corrected chi connectivity index (χ4v) is 1.67. The number of aromatic nitrogens is 2. The lowest BCUT2D eigenvalue weighted by Crippen LogP contribution is -2.17. The Hall–Kier alpha value is -1.97. The van der Waals surface area contributed by atoms with Gasteiger partial charge in [-0.25, -0.2) is 9.97 Å². The summed E-state index contributed by atoms with van der Waals surface area (Å²) in [4.78, 5) is 9.48. The number of hydrogen-bond acceptors (Lipinski definition) is 3. The van der Waals surface area contributed by atoms with Crippen molar-refractivity contribution in [2.75, 3.05) is 11.4 Å². The van der Waals surface area contributed by atoms with E-state index in [1.807, 2.05) is 43.0 Å². The SMILES string of the molecule is CCN(c1ccc(C)cc1)c1cc(F)ncn1. The fraction of sp³-hybridized carbons (Fsp3) is 0.231. The molecule has 0 bridgehead atoms. The highest BCUT2D eigenvalue weighted by Gasteiger charge is 2.09. The predicted molar refractivity (Wildman–Crippen MR) is 65.8 cm³/mol. The quantitative estimate of drug-likeness (QED) is 0.760. The maximum atomic E-state index is 13.1. The maximum absolute atomic E-state index is 13.1. The molecule has 0 aliphatic carbocycles. The third-order valence-corrected chi connectivity index (χ3v) is 2.56. The van der Waals surface area contributed by atoms with Crippen LogP contribution in [0.2, 0.25) is 0 Å². The first-order valence-corrected chi connectivity index (χ1v) is 5.52. The van der Waals surface area contributed by atoms with Crippen molar-refractivity contribution >= 4 is 11.5 Å². The van der Waals surface area contributed by atoms with Crippen LogP contribution in [0.25, 0.3) is 0 Å². The summed E-state index contributed by atoms with van der Waals surface area (Å²) in [5.74, 6) is 0.0596. The van der Waals surface area contributed by atoms with Gasteiger partial charge < -0.3 is 4.90 Å². The molecule has 0 N–H and O–H groups in total. The number of aryl methyl sites for hydroxylation is 1. The van der Waals surface area contributed by atoms with Crippen LogP contribution in [0.1, 0.15) is 12.5 Å². The lowest BCUT2D eigenvalue weighted by atomic mass is 10.2. The van der Waals surface area contributed by atoms with E-state index >= 15 is 0 Å². The number of benzene rings is 1. The van der Waals surface area contributed by atoms with Crippen molar-refractivity contribution in [2.45, 2.75) is 13.8 Å². The summed E-state index contributed by atoms with van der Waals surface area (Å²) in [5, 5.41) is 0. The van der Waals surface area contributed by atoms with Gasteiger partial charge in [0.15, 0.2) is 0 Å². The van der Waals surface area contributed by atoms with Gasteiger partial charge in [-0.15, -0.1) is 0 Å². The molecule has 0 saturated heterocycles. The average Bonchev–Trinajstić information content (AvgIpc) is 2.33. The van der Waals surface area contributed by atoms with E-state index in [2.05, 4.69) is 9.97 Å². The van der Waals surface area contributed by atoms with E-state index in [1.54, 1.807) is 0 Å². The highest BCUT2D eigenvalue weighted by atomic mass is 19.1. The topological polar surface area (TPSA) is 29.0 Å². The molecule has 1 aromatic heterocycles. The van der Waals surface area contributed by atoms with Gasteiger partial charge in [0.2, 0.25) is 5.95 Å². The summed E-state index contributed by atoms with van der Waals surface area (Å²) in [6.45, 7) is 4.75. The Kier molecular flexibility index (Phi) is 3.32. The minimum atomic E-state index is -0.513. The number of rotatable bonds is 3. The van der Waals surface area contributed by atoms with Gasteiger partial charge in [0.25, 0.3) is 0 Å². The summed E-state index contributed by atoms with van der Waals surface area (Å²) in [6.07, 6.45) is 1.24. The second-order valence-electron chi connectivity index (χ2n) is 3.78.